The van der Waals surface area contributed by atoms with Crippen molar-refractivity contribution in [3.8, 4) is 11.6 Å². The van der Waals surface area contributed by atoms with Crippen LogP contribution in [0, 0.1) is 5.82 Å². The van der Waals surface area contributed by atoms with Crippen molar-refractivity contribution in [2.24, 2.45) is 0 Å². The summed E-state index contributed by atoms with van der Waals surface area (Å²) in [6, 6.07) is 11.1. The molecule has 0 aliphatic heterocycles. The SMILES string of the molecule is CNCc1cc(F)cnc1Oc1cnc2ccccc2c1. The van der Waals surface area contributed by atoms with E-state index in [2.05, 4.69) is 15.3 Å². The Hall–Kier alpha value is -2.53. The Morgan fingerprint density at radius 1 is 1.14 bits per heavy atom. The summed E-state index contributed by atoms with van der Waals surface area (Å²) in [5.74, 6) is 0.567. The minimum Gasteiger partial charge on any atom is -0.437 e. The highest BCUT2D eigenvalue weighted by atomic mass is 19.1. The van der Waals surface area contributed by atoms with Gasteiger partial charge in [-0.15, -0.1) is 0 Å². The number of benzene rings is 1. The molecule has 0 saturated carbocycles. The maximum atomic E-state index is 13.3. The number of nitrogens with one attached hydrogen (secondary N) is 1. The molecule has 0 aliphatic carbocycles. The molecular weight excluding hydrogens is 269 g/mol. The fourth-order valence-corrected chi connectivity index (χ4v) is 2.10. The van der Waals surface area contributed by atoms with Crippen LogP contribution in [0.15, 0.2) is 48.8 Å². The highest BCUT2D eigenvalue weighted by Gasteiger charge is 2.08. The molecule has 0 radical (unpaired) electrons. The molecule has 0 aliphatic rings. The van der Waals surface area contributed by atoms with E-state index in [-0.39, 0.29) is 5.82 Å². The van der Waals surface area contributed by atoms with Crippen molar-refractivity contribution < 1.29 is 9.13 Å². The zero-order valence-electron chi connectivity index (χ0n) is 11.5. The van der Waals surface area contributed by atoms with Gasteiger partial charge in [0.05, 0.1) is 17.9 Å². The Morgan fingerprint density at radius 2 is 2.00 bits per heavy atom. The molecule has 2 aromatic heterocycles. The molecule has 3 rings (SSSR count). The maximum absolute atomic E-state index is 13.3. The van der Waals surface area contributed by atoms with Crippen LogP contribution in [0.5, 0.6) is 11.6 Å². The van der Waals surface area contributed by atoms with Gasteiger partial charge in [-0.3, -0.25) is 4.98 Å². The van der Waals surface area contributed by atoms with Gasteiger partial charge in [-0.05, 0) is 25.2 Å². The Bertz CT molecular complexity index is 776. The van der Waals surface area contributed by atoms with Crippen molar-refractivity contribution in [1.29, 1.82) is 0 Å². The van der Waals surface area contributed by atoms with Crippen LogP contribution >= 0.6 is 0 Å². The molecular formula is C16H14FN3O. The number of nitrogens with zero attached hydrogens (tertiary/aromatic N) is 2. The molecule has 0 saturated heterocycles. The van der Waals surface area contributed by atoms with Crippen LogP contribution in [-0.4, -0.2) is 17.0 Å². The number of aromatic nitrogens is 2. The van der Waals surface area contributed by atoms with E-state index < -0.39 is 0 Å². The number of halogens is 1. The van der Waals surface area contributed by atoms with Crippen molar-refractivity contribution in [2.75, 3.05) is 7.05 Å². The van der Waals surface area contributed by atoms with E-state index in [4.69, 9.17) is 4.74 Å². The average molecular weight is 283 g/mol. The molecule has 2 heterocycles. The second-order valence-corrected chi connectivity index (χ2v) is 4.61. The molecule has 4 nitrogen and oxygen atoms in total. The summed E-state index contributed by atoms with van der Waals surface area (Å²) in [5.41, 5.74) is 1.55. The summed E-state index contributed by atoms with van der Waals surface area (Å²) in [6.07, 6.45) is 2.78. The van der Waals surface area contributed by atoms with Gasteiger partial charge in [-0.25, -0.2) is 9.37 Å². The van der Waals surface area contributed by atoms with Gasteiger partial charge in [-0.1, -0.05) is 18.2 Å². The van der Waals surface area contributed by atoms with Crippen LogP contribution in [0.4, 0.5) is 4.39 Å². The normalized spacial score (nSPS) is 10.8. The van der Waals surface area contributed by atoms with Crippen molar-refractivity contribution in [3.63, 3.8) is 0 Å². The molecule has 0 atom stereocenters. The highest BCUT2D eigenvalue weighted by molar-refractivity contribution is 5.79. The smallest absolute Gasteiger partial charge is 0.223 e. The van der Waals surface area contributed by atoms with E-state index in [1.165, 1.54) is 6.07 Å². The number of hydrogen-bond donors (Lipinski definition) is 1. The summed E-state index contributed by atoms with van der Waals surface area (Å²) < 4.78 is 19.0. The summed E-state index contributed by atoms with van der Waals surface area (Å²) in [6.45, 7) is 0.473. The lowest BCUT2D eigenvalue weighted by molar-refractivity contribution is 0.449. The van der Waals surface area contributed by atoms with Gasteiger partial charge in [0.1, 0.15) is 11.6 Å². The molecule has 0 fully saturated rings. The van der Waals surface area contributed by atoms with Gasteiger partial charge < -0.3 is 10.1 Å². The quantitative estimate of drug-likeness (QED) is 0.798. The van der Waals surface area contributed by atoms with Gasteiger partial charge >= 0.3 is 0 Å². The number of para-hydroxylation sites is 1. The predicted molar refractivity (Wildman–Crippen MR) is 78.8 cm³/mol. The molecule has 1 aromatic carbocycles. The van der Waals surface area contributed by atoms with Gasteiger partial charge in [0.25, 0.3) is 0 Å². The first-order valence-corrected chi connectivity index (χ1v) is 6.58. The van der Waals surface area contributed by atoms with Crippen molar-refractivity contribution in [2.45, 2.75) is 6.54 Å². The van der Waals surface area contributed by atoms with Crippen molar-refractivity contribution in [3.05, 3.63) is 60.2 Å². The zero-order chi connectivity index (χ0) is 14.7. The minimum absolute atomic E-state index is 0.378. The third-order valence-electron chi connectivity index (χ3n) is 3.04. The van der Waals surface area contributed by atoms with E-state index in [9.17, 15) is 4.39 Å². The molecule has 1 N–H and O–H groups in total. The molecule has 0 amide bonds. The molecule has 106 valence electrons. The Balaban J connectivity index is 1.94. The Kier molecular flexibility index (Phi) is 3.75. The fraction of sp³-hybridized carbons (Fsp3) is 0.125. The topological polar surface area (TPSA) is 47.0 Å². The van der Waals surface area contributed by atoms with Crippen LogP contribution in [0.2, 0.25) is 0 Å². The largest absolute Gasteiger partial charge is 0.437 e. The number of ether oxygens (including phenoxy) is 1. The summed E-state index contributed by atoms with van der Waals surface area (Å²) >= 11 is 0. The van der Waals surface area contributed by atoms with E-state index >= 15 is 0 Å². The summed E-state index contributed by atoms with van der Waals surface area (Å²) in [4.78, 5) is 8.34. The number of pyridine rings is 2. The summed E-state index contributed by atoms with van der Waals surface area (Å²) in [5, 5.41) is 3.94. The molecule has 0 spiro atoms. The van der Waals surface area contributed by atoms with Crippen LogP contribution in [0.3, 0.4) is 0 Å². The monoisotopic (exact) mass is 283 g/mol. The molecule has 3 aromatic rings. The predicted octanol–water partition coefficient (Wildman–Crippen LogP) is 3.28. The minimum atomic E-state index is -0.385. The van der Waals surface area contributed by atoms with Gasteiger partial charge in [0.2, 0.25) is 5.88 Å². The second kappa shape index (κ2) is 5.85. The van der Waals surface area contributed by atoms with E-state index in [0.29, 0.717) is 23.7 Å². The first kappa shape index (κ1) is 13.5. The first-order valence-electron chi connectivity index (χ1n) is 6.58. The average Bonchev–Trinajstić information content (AvgIpc) is 2.50. The second-order valence-electron chi connectivity index (χ2n) is 4.61. The molecule has 5 heteroatoms. The lowest BCUT2D eigenvalue weighted by atomic mass is 10.2. The van der Waals surface area contributed by atoms with Crippen LogP contribution in [0.1, 0.15) is 5.56 Å². The lowest BCUT2D eigenvalue weighted by Crippen LogP contribution is -2.07. The van der Waals surface area contributed by atoms with Crippen LogP contribution < -0.4 is 10.1 Å². The van der Waals surface area contributed by atoms with Gasteiger partial charge in [0.15, 0.2) is 0 Å². The van der Waals surface area contributed by atoms with Crippen molar-refractivity contribution >= 4 is 10.9 Å². The molecule has 0 bridgehead atoms. The Morgan fingerprint density at radius 3 is 2.86 bits per heavy atom. The first-order chi connectivity index (χ1) is 10.3. The van der Waals surface area contributed by atoms with E-state index in [1.807, 2.05) is 30.3 Å². The summed E-state index contributed by atoms with van der Waals surface area (Å²) in [7, 11) is 1.78. The van der Waals surface area contributed by atoms with Gasteiger partial charge in [0, 0.05) is 17.5 Å². The Labute approximate surface area is 121 Å². The lowest BCUT2D eigenvalue weighted by Gasteiger charge is -2.10. The number of rotatable bonds is 4. The van der Waals surface area contributed by atoms with Crippen LogP contribution in [0.25, 0.3) is 10.9 Å². The molecule has 0 unspecified atom stereocenters. The van der Waals surface area contributed by atoms with E-state index in [1.54, 1.807) is 13.2 Å². The van der Waals surface area contributed by atoms with E-state index in [0.717, 1.165) is 17.1 Å². The number of hydrogen-bond acceptors (Lipinski definition) is 4. The third-order valence-corrected chi connectivity index (χ3v) is 3.04. The van der Waals surface area contributed by atoms with Crippen LogP contribution in [-0.2, 0) is 6.54 Å². The van der Waals surface area contributed by atoms with Gasteiger partial charge in [-0.2, -0.15) is 0 Å². The zero-order valence-corrected chi connectivity index (χ0v) is 11.5. The fourth-order valence-electron chi connectivity index (χ4n) is 2.10. The highest BCUT2D eigenvalue weighted by Crippen LogP contribution is 2.25. The molecule has 21 heavy (non-hydrogen) atoms. The van der Waals surface area contributed by atoms with Crippen molar-refractivity contribution in [1.82, 2.24) is 15.3 Å². The standard InChI is InChI=1S/C16H14FN3O/c1-18-8-12-6-13(17)9-20-16(12)21-14-7-11-4-2-3-5-15(11)19-10-14/h2-7,9-10,18H,8H2,1H3. The maximum Gasteiger partial charge on any atom is 0.223 e. The number of fused-ring (bicyclic) bond motifs is 1. The third kappa shape index (κ3) is 2.98.